The highest BCUT2D eigenvalue weighted by Crippen LogP contribution is 2.41. The van der Waals surface area contributed by atoms with Crippen LogP contribution in [-0.4, -0.2) is 5.78 Å². The second-order valence-corrected chi connectivity index (χ2v) is 9.63. The minimum atomic E-state index is 0.223. The molecule has 1 nitrogen and oxygen atoms in total. The number of unbranched alkanes of at least 4 members (excludes halogenated alkanes) is 7. The number of benzene rings is 2. The third kappa shape index (κ3) is 5.64. The lowest BCUT2D eigenvalue weighted by molar-refractivity contribution is -0.112. The van der Waals surface area contributed by atoms with Gasteiger partial charge in [-0.2, -0.15) is 0 Å². The minimum absolute atomic E-state index is 0.223. The maximum absolute atomic E-state index is 13.0. The molecule has 0 unspecified atom stereocenters. The molecule has 4 rings (SSSR count). The largest absolute Gasteiger partial charge is 0.289 e. The summed E-state index contributed by atoms with van der Waals surface area (Å²) < 4.78 is 0. The zero-order chi connectivity index (χ0) is 23.0. The smallest absolute Gasteiger partial charge is 0.189 e. The summed E-state index contributed by atoms with van der Waals surface area (Å²) in [5, 5.41) is 0. The first kappa shape index (κ1) is 23.5. The van der Waals surface area contributed by atoms with Gasteiger partial charge in [0.2, 0.25) is 0 Å². The first-order chi connectivity index (χ1) is 16.2. The molecule has 0 amide bonds. The van der Waals surface area contributed by atoms with Crippen molar-refractivity contribution in [1.29, 1.82) is 0 Å². The summed E-state index contributed by atoms with van der Waals surface area (Å²) in [7, 11) is 0. The van der Waals surface area contributed by atoms with Crippen molar-refractivity contribution in [3.63, 3.8) is 0 Å². The van der Waals surface area contributed by atoms with Crippen LogP contribution in [0.25, 0.3) is 22.8 Å². The predicted molar refractivity (Wildman–Crippen MR) is 142 cm³/mol. The number of ketones is 1. The molecule has 0 bridgehead atoms. The van der Waals surface area contributed by atoms with E-state index in [2.05, 4.69) is 74.5 Å². The molecule has 33 heavy (non-hydrogen) atoms. The molecule has 2 aliphatic rings. The summed E-state index contributed by atoms with van der Waals surface area (Å²) in [5.41, 5.74) is 9.19. The monoisotopic (exact) mass is 438 g/mol. The molecule has 0 N–H and O–H groups in total. The number of carbonyl (C=O) groups excluding carboxylic acids is 1. The first-order valence-electron chi connectivity index (χ1n) is 13.1. The van der Waals surface area contributed by atoms with Gasteiger partial charge < -0.3 is 0 Å². The van der Waals surface area contributed by atoms with Crippen molar-refractivity contribution in [2.24, 2.45) is 0 Å². The molecule has 0 atom stereocenters. The lowest BCUT2D eigenvalue weighted by Gasteiger charge is -2.14. The summed E-state index contributed by atoms with van der Waals surface area (Å²) in [6, 6.07) is 15.7. The molecule has 172 valence electrons. The second kappa shape index (κ2) is 11.5. The van der Waals surface area contributed by atoms with Crippen LogP contribution in [0, 0.1) is 0 Å². The van der Waals surface area contributed by atoms with E-state index in [1.807, 2.05) is 0 Å². The van der Waals surface area contributed by atoms with E-state index >= 15 is 0 Å². The van der Waals surface area contributed by atoms with E-state index in [1.54, 1.807) is 0 Å². The summed E-state index contributed by atoms with van der Waals surface area (Å²) >= 11 is 0. The van der Waals surface area contributed by atoms with E-state index < -0.39 is 0 Å². The Morgan fingerprint density at radius 2 is 1.30 bits per heavy atom. The van der Waals surface area contributed by atoms with Gasteiger partial charge in [0.05, 0.1) is 0 Å². The molecule has 0 aliphatic heterocycles. The fraction of sp³-hybridized carbons (Fsp3) is 0.406. The average Bonchev–Trinajstić information content (AvgIpc) is 3.22. The highest BCUT2D eigenvalue weighted by molar-refractivity contribution is 6.25. The Hall–Kier alpha value is -2.67. The Bertz CT molecular complexity index is 1060. The standard InChI is InChI=1S/C32H38O/c1-3-5-7-8-9-11-12-24-14-16-25(17-15-24)27-19-20-29-28(22-27)23-31-30(29)21-18-26(32(31)33)13-10-6-4-2/h14-23H,3-13H2,1-2H3. The van der Waals surface area contributed by atoms with E-state index in [9.17, 15) is 4.79 Å². The molecule has 2 aromatic carbocycles. The van der Waals surface area contributed by atoms with Gasteiger partial charge in [0, 0.05) is 11.1 Å². The predicted octanol–water partition coefficient (Wildman–Crippen LogP) is 9.13. The van der Waals surface area contributed by atoms with Crippen LogP contribution in [0.15, 0.2) is 65.8 Å². The molecular formula is C32H38O. The number of carbonyl (C=O) groups is 1. The highest BCUT2D eigenvalue weighted by atomic mass is 16.1. The first-order valence-corrected chi connectivity index (χ1v) is 13.1. The number of Topliss-reactive ketones (excluding diaryl/α,β-unsaturated/α-hetero) is 1. The topological polar surface area (TPSA) is 17.1 Å². The van der Waals surface area contributed by atoms with Crippen molar-refractivity contribution in [3.05, 3.63) is 82.5 Å². The number of aryl methyl sites for hydroxylation is 1. The molecule has 0 fully saturated rings. The average molecular weight is 439 g/mol. The van der Waals surface area contributed by atoms with E-state index in [0.717, 1.165) is 29.6 Å². The van der Waals surface area contributed by atoms with Crippen molar-refractivity contribution in [2.75, 3.05) is 0 Å². The zero-order valence-electron chi connectivity index (χ0n) is 20.5. The van der Waals surface area contributed by atoms with Crippen LogP contribution in [0.3, 0.4) is 0 Å². The fourth-order valence-electron chi connectivity index (χ4n) is 5.02. The third-order valence-electron chi connectivity index (χ3n) is 7.08. The summed E-state index contributed by atoms with van der Waals surface area (Å²) in [4.78, 5) is 13.0. The van der Waals surface area contributed by atoms with Crippen LogP contribution in [0.4, 0.5) is 0 Å². The van der Waals surface area contributed by atoms with E-state index in [4.69, 9.17) is 0 Å². The van der Waals surface area contributed by atoms with E-state index in [1.165, 1.54) is 85.6 Å². The molecular weight excluding hydrogens is 400 g/mol. The lowest BCUT2D eigenvalue weighted by atomic mass is 9.88. The molecule has 0 radical (unpaired) electrons. The number of fused-ring (bicyclic) bond motifs is 3. The second-order valence-electron chi connectivity index (χ2n) is 9.63. The van der Waals surface area contributed by atoms with Crippen LogP contribution < -0.4 is 0 Å². The SMILES string of the molecule is CCCCCCCCc1ccc(-c2ccc3c(c2)C=C2C(=O)C(CCCCC)=CC=C23)cc1. The Balaban J connectivity index is 1.41. The fourth-order valence-corrected chi connectivity index (χ4v) is 5.02. The van der Waals surface area contributed by atoms with Gasteiger partial charge in [-0.15, -0.1) is 0 Å². The van der Waals surface area contributed by atoms with Crippen LogP contribution in [-0.2, 0) is 11.2 Å². The summed E-state index contributed by atoms with van der Waals surface area (Å²) in [6.45, 7) is 4.47. The van der Waals surface area contributed by atoms with Gasteiger partial charge in [-0.1, -0.05) is 107 Å². The molecule has 2 aromatic rings. The maximum Gasteiger partial charge on any atom is 0.189 e. The van der Waals surface area contributed by atoms with E-state index in [-0.39, 0.29) is 5.78 Å². The van der Waals surface area contributed by atoms with Crippen LogP contribution >= 0.6 is 0 Å². The van der Waals surface area contributed by atoms with Gasteiger partial charge in [0.25, 0.3) is 0 Å². The van der Waals surface area contributed by atoms with Crippen molar-refractivity contribution in [1.82, 2.24) is 0 Å². The van der Waals surface area contributed by atoms with Gasteiger partial charge in [0.15, 0.2) is 5.78 Å². The van der Waals surface area contributed by atoms with Crippen molar-refractivity contribution in [2.45, 2.75) is 84.5 Å². The van der Waals surface area contributed by atoms with Crippen molar-refractivity contribution >= 4 is 17.4 Å². The third-order valence-corrected chi connectivity index (χ3v) is 7.08. The minimum Gasteiger partial charge on any atom is -0.289 e. The zero-order valence-corrected chi connectivity index (χ0v) is 20.5. The van der Waals surface area contributed by atoms with Crippen molar-refractivity contribution in [3.8, 4) is 11.1 Å². The quantitative estimate of drug-likeness (QED) is 0.302. The molecule has 0 spiro atoms. The van der Waals surface area contributed by atoms with Gasteiger partial charge in [-0.05, 0) is 71.2 Å². The number of rotatable bonds is 12. The number of allylic oxidation sites excluding steroid dienone is 5. The van der Waals surface area contributed by atoms with Gasteiger partial charge in [0.1, 0.15) is 0 Å². The van der Waals surface area contributed by atoms with E-state index in [0.29, 0.717) is 0 Å². The lowest BCUT2D eigenvalue weighted by Crippen LogP contribution is -2.09. The molecule has 0 saturated carbocycles. The van der Waals surface area contributed by atoms with Gasteiger partial charge in [-0.3, -0.25) is 4.79 Å². The maximum atomic E-state index is 13.0. The Labute approximate surface area is 200 Å². The van der Waals surface area contributed by atoms with Crippen LogP contribution in [0.2, 0.25) is 0 Å². The normalized spacial score (nSPS) is 14.5. The number of hydrogen-bond acceptors (Lipinski definition) is 1. The summed E-state index contributed by atoms with van der Waals surface area (Å²) in [5.74, 6) is 0.223. The van der Waals surface area contributed by atoms with Gasteiger partial charge in [-0.25, -0.2) is 0 Å². The van der Waals surface area contributed by atoms with Crippen LogP contribution in [0.5, 0.6) is 0 Å². The Kier molecular flexibility index (Phi) is 8.15. The number of hydrogen-bond donors (Lipinski definition) is 0. The molecule has 0 heterocycles. The molecule has 0 aromatic heterocycles. The Morgan fingerprint density at radius 1 is 0.636 bits per heavy atom. The summed E-state index contributed by atoms with van der Waals surface area (Å²) in [6.07, 6.45) is 19.9. The molecule has 0 saturated heterocycles. The molecule has 1 heteroatoms. The van der Waals surface area contributed by atoms with Gasteiger partial charge >= 0.3 is 0 Å². The molecule has 2 aliphatic carbocycles. The Morgan fingerprint density at radius 3 is 2.09 bits per heavy atom. The highest BCUT2D eigenvalue weighted by Gasteiger charge is 2.28. The van der Waals surface area contributed by atoms with Crippen molar-refractivity contribution < 1.29 is 4.79 Å². The van der Waals surface area contributed by atoms with Crippen LogP contribution in [0.1, 0.15) is 94.7 Å².